The van der Waals surface area contributed by atoms with Gasteiger partial charge in [0.25, 0.3) is 0 Å². The van der Waals surface area contributed by atoms with E-state index in [-0.39, 0.29) is 25.0 Å². The van der Waals surface area contributed by atoms with Crippen LogP contribution in [0.15, 0.2) is 24.3 Å². The van der Waals surface area contributed by atoms with E-state index in [0.717, 1.165) is 11.3 Å². The molecule has 2 rings (SSSR count). The van der Waals surface area contributed by atoms with E-state index in [1.807, 2.05) is 24.3 Å². The van der Waals surface area contributed by atoms with Gasteiger partial charge in [0.1, 0.15) is 12.4 Å². The van der Waals surface area contributed by atoms with Crippen molar-refractivity contribution < 1.29 is 24.2 Å². The van der Waals surface area contributed by atoms with Gasteiger partial charge in [0.05, 0.1) is 18.6 Å². The number of rotatable bonds is 6. The highest BCUT2D eigenvalue weighted by Crippen LogP contribution is 2.31. The lowest BCUT2D eigenvalue weighted by Gasteiger charge is -2.16. The Morgan fingerprint density at radius 3 is 2.95 bits per heavy atom. The minimum atomic E-state index is -0.970. The molecule has 0 spiro atoms. The maximum atomic E-state index is 11.8. The molecule has 2 atom stereocenters. The van der Waals surface area contributed by atoms with Crippen LogP contribution in [0.3, 0.4) is 0 Å². The summed E-state index contributed by atoms with van der Waals surface area (Å²) in [7, 11) is 1.41. The summed E-state index contributed by atoms with van der Waals surface area (Å²) in [6.45, 7) is 0.513. The number of carbonyl (C=O) groups excluding carboxylic acids is 1. The molecule has 114 valence electrons. The van der Waals surface area contributed by atoms with Gasteiger partial charge in [0, 0.05) is 19.2 Å². The molecule has 21 heavy (non-hydrogen) atoms. The Morgan fingerprint density at radius 2 is 2.24 bits per heavy atom. The second-order valence-corrected chi connectivity index (χ2v) is 4.71. The van der Waals surface area contributed by atoms with Gasteiger partial charge in [0.2, 0.25) is 0 Å². The second-order valence-electron chi connectivity index (χ2n) is 4.71. The Balaban J connectivity index is 1.82. The summed E-state index contributed by atoms with van der Waals surface area (Å²) in [5.74, 6) is -0.203. The molecule has 0 aromatic heterocycles. The highest BCUT2D eigenvalue weighted by Gasteiger charge is 2.25. The van der Waals surface area contributed by atoms with Crippen LogP contribution >= 0.6 is 0 Å². The minimum absolute atomic E-state index is 0.129. The smallest absolute Gasteiger partial charge is 0.315 e. The van der Waals surface area contributed by atoms with E-state index in [4.69, 9.17) is 14.6 Å². The number of carbonyl (C=O) groups is 2. The molecule has 0 fully saturated rings. The molecule has 2 amide bonds. The van der Waals surface area contributed by atoms with E-state index in [0.29, 0.717) is 6.61 Å². The molecule has 1 aliphatic rings. The van der Waals surface area contributed by atoms with Crippen LogP contribution in [0.1, 0.15) is 18.0 Å². The van der Waals surface area contributed by atoms with E-state index >= 15 is 0 Å². The number of carboxylic acids is 1. The van der Waals surface area contributed by atoms with Crippen LogP contribution in [0, 0.1) is 0 Å². The number of hydrogen-bond acceptors (Lipinski definition) is 4. The largest absolute Gasteiger partial charge is 0.491 e. The zero-order valence-electron chi connectivity index (χ0n) is 11.7. The molecule has 0 saturated heterocycles. The zero-order chi connectivity index (χ0) is 15.2. The van der Waals surface area contributed by atoms with Gasteiger partial charge in [-0.25, -0.2) is 4.79 Å². The van der Waals surface area contributed by atoms with Crippen LogP contribution in [0.2, 0.25) is 0 Å². The first-order valence-electron chi connectivity index (χ1n) is 6.61. The quantitative estimate of drug-likeness (QED) is 0.724. The Kier molecular flexibility index (Phi) is 4.99. The molecule has 0 saturated carbocycles. The fraction of sp³-hybridized carbons (Fsp3) is 0.429. The van der Waals surface area contributed by atoms with Crippen molar-refractivity contribution in [1.29, 1.82) is 0 Å². The van der Waals surface area contributed by atoms with Gasteiger partial charge in [-0.1, -0.05) is 18.2 Å². The van der Waals surface area contributed by atoms with Crippen molar-refractivity contribution in [2.75, 3.05) is 20.3 Å². The average Bonchev–Trinajstić information content (AvgIpc) is 2.86. The van der Waals surface area contributed by atoms with Gasteiger partial charge in [-0.15, -0.1) is 0 Å². The van der Waals surface area contributed by atoms with Gasteiger partial charge in [-0.2, -0.15) is 0 Å². The summed E-state index contributed by atoms with van der Waals surface area (Å²) in [5.41, 5.74) is 0.932. The molecule has 1 aromatic carbocycles. The van der Waals surface area contributed by atoms with Crippen LogP contribution in [-0.4, -0.2) is 43.5 Å². The molecule has 1 aliphatic heterocycles. The molecular formula is C14H18N2O5. The SMILES string of the molecule is COC(CNC(=O)NC1COc2ccccc21)CC(=O)O. The lowest BCUT2D eigenvalue weighted by molar-refractivity contribution is -0.139. The number of benzene rings is 1. The summed E-state index contributed by atoms with van der Waals surface area (Å²) in [5, 5.41) is 14.1. The Morgan fingerprint density at radius 1 is 1.48 bits per heavy atom. The molecule has 7 nitrogen and oxygen atoms in total. The maximum Gasteiger partial charge on any atom is 0.315 e. The Labute approximate surface area is 122 Å². The zero-order valence-corrected chi connectivity index (χ0v) is 11.7. The van der Waals surface area contributed by atoms with Crippen LogP contribution in [0.25, 0.3) is 0 Å². The molecule has 0 bridgehead atoms. The highest BCUT2D eigenvalue weighted by molar-refractivity contribution is 5.75. The number of hydrogen-bond donors (Lipinski definition) is 3. The van der Waals surface area contributed by atoms with E-state index < -0.39 is 12.1 Å². The predicted molar refractivity (Wildman–Crippen MR) is 74.3 cm³/mol. The number of urea groups is 1. The first-order valence-corrected chi connectivity index (χ1v) is 6.61. The molecule has 0 aliphatic carbocycles. The van der Waals surface area contributed by atoms with Crippen LogP contribution in [0.5, 0.6) is 5.75 Å². The van der Waals surface area contributed by atoms with Crippen molar-refractivity contribution in [1.82, 2.24) is 10.6 Å². The van der Waals surface area contributed by atoms with Gasteiger partial charge in [0.15, 0.2) is 0 Å². The minimum Gasteiger partial charge on any atom is -0.491 e. The van der Waals surface area contributed by atoms with E-state index in [9.17, 15) is 9.59 Å². The number of methoxy groups -OCH3 is 1. The topological polar surface area (TPSA) is 96.9 Å². The highest BCUT2D eigenvalue weighted by atomic mass is 16.5. The molecule has 0 radical (unpaired) electrons. The maximum absolute atomic E-state index is 11.8. The number of fused-ring (bicyclic) bond motifs is 1. The number of aliphatic carboxylic acids is 1. The number of nitrogens with one attached hydrogen (secondary N) is 2. The molecule has 1 heterocycles. The summed E-state index contributed by atoms with van der Waals surface area (Å²) in [6.07, 6.45) is -0.716. The van der Waals surface area contributed by atoms with Gasteiger partial charge < -0.3 is 25.2 Å². The van der Waals surface area contributed by atoms with Crippen LogP contribution < -0.4 is 15.4 Å². The van der Waals surface area contributed by atoms with Gasteiger partial charge in [-0.3, -0.25) is 4.79 Å². The fourth-order valence-corrected chi connectivity index (χ4v) is 2.13. The number of para-hydroxylation sites is 1. The molecular weight excluding hydrogens is 276 g/mol. The first-order chi connectivity index (χ1) is 10.1. The van der Waals surface area contributed by atoms with Gasteiger partial charge >= 0.3 is 12.0 Å². The second kappa shape index (κ2) is 6.94. The van der Waals surface area contributed by atoms with Crippen molar-refractivity contribution in [2.24, 2.45) is 0 Å². The van der Waals surface area contributed by atoms with Gasteiger partial charge in [-0.05, 0) is 6.07 Å². The van der Waals surface area contributed by atoms with Crippen molar-refractivity contribution >= 4 is 12.0 Å². The summed E-state index contributed by atoms with van der Waals surface area (Å²) < 4.78 is 10.5. The summed E-state index contributed by atoms with van der Waals surface area (Å²) >= 11 is 0. The van der Waals surface area contributed by atoms with Crippen molar-refractivity contribution in [2.45, 2.75) is 18.6 Å². The van der Waals surface area contributed by atoms with E-state index in [2.05, 4.69) is 10.6 Å². The molecule has 3 N–H and O–H groups in total. The average molecular weight is 294 g/mol. The van der Waals surface area contributed by atoms with E-state index in [1.54, 1.807) is 0 Å². The molecule has 1 aromatic rings. The summed E-state index contributed by atoms with van der Waals surface area (Å²) in [4.78, 5) is 22.4. The predicted octanol–water partition coefficient (Wildman–Crippen LogP) is 0.909. The third-order valence-corrected chi connectivity index (χ3v) is 3.23. The fourth-order valence-electron chi connectivity index (χ4n) is 2.13. The van der Waals surface area contributed by atoms with Crippen molar-refractivity contribution in [3.8, 4) is 5.75 Å². The Hall–Kier alpha value is -2.28. The van der Waals surface area contributed by atoms with Crippen LogP contribution in [-0.2, 0) is 9.53 Å². The molecule has 2 unspecified atom stereocenters. The number of amides is 2. The first kappa shape index (κ1) is 15.1. The van der Waals surface area contributed by atoms with Crippen LogP contribution in [0.4, 0.5) is 4.79 Å². The monoisotopic (exact) mass is 294 g/mol. The summed E-state index contributed by atoms with van der Waals surface area (Å²) in [6, 6.07) is 6.91. The normalized spacial score (nSPS) is 17.5. The Bertz CT molecular complexity index is 520. The molecule has 7 heteroatoms. The third kappa shape index (κ3) is 4.09. The van der Waals surface area contributed by atoms with E-state index in [1.165, 1.54) is 7.11 Å². The number of carboxylic acid groups (broad SMARTS) is 1. The lowest BCUT2D eigenvalue weighted by atomic mass is 10.1. The standard InChI is InChI=1S/C14H18N2O5/c1-20-9(6-13(17)18)7-15-14(19)16-11-8-21-12-5-3-2-4-10(11)12/h2-5,9,11H,6-8H2,1H3,(H,17,18)(H2,15,16,19). The lowest BCUT2D eigenvalue weighted by Crippen LogP contribution is -2.42. The number of ether oxygens (including phenoxy) is 2. The van der Waals surface area contributed by atoms with Crippen molar-refractivity contribution in [3.63, 3.8) is 0 Å². The van der Waals surface area contributed by atoms with Crippen molar-refractivity contribution in [3.05, 3.63) is 29.8 Å². The third-order valence-electron chi connectivity index (χ3n) is 3.23.